The van der Waals surface area contributed by atoms with E-state index in [1.165, 1.54) is 6.08 Å². The molecule has 1 amide bonds. The van der Waals surface area contributed by atoms with Crippen LogP contribution in [-0.4, -0.2) is 42.6 Å². The van der Waals surface area contributed by atoms with Crippen LogP contribution in [0.1, 0.15) is 30.5 Å². The predicted molar refractivity (Wildman–Crippen MR) is 142 cm³/mol. The summed E-state index contributed by atoms with van der Waals surface area (Å²) >= 11 is 0.742. The van der Waals surface area contributed by atoms with Gasteiger partial charge in [0.1, 0.15) is 36.4 Å². The smallest absolute Gasteiger partial charge is 0.268 e. The fourth-order valence-corrected chi connectivity index (χ4v) is 5.72. The first-order chi connectivity index (χ1) is 17.6. The maximum absolute atomic E-state index is 12.5. The summed E-state index contributed by atoms with van der Waals surface area (Å²) in [5.41, 5.74) is 2.58. The highest BCUT2D eigenvalue weighted by atomic mass is 32.2. The Labute approximate surface area is 220 Å². The summed E-state index contributed by atoms with van der Waals surface area (Å²) in [4.78, 5) is 16.4. The van der Waals surface area contributed by atoms with Gasteiger partial charge in [0.25, 0.3) is 11.1 Å². The Balaban J connectivity index is 1.56. The lowest BCUT2D eigenvalue weighted by Crippen LogP contribution is -2.15. The van der Waals surface area contributed by atoms with Crippen LogP contribution in [0.25, 0.3) is 6.08 Å². The van der Waals surface area contributed by atoms with Crippen molar-refractivity contribution >= 4 is 38.5 Å². The van der Waals surface area contributed by atoms with Gasteiger partial charge in [-0.25, -0.2) is 8.42 Å². The van der Waals surface area contributed by atoms with Gasteiger partial charge >= 0.3 is 0 Å². The molecule has 0 aliphatic heterocycles. The van der Waals surface area contributed by atoms with Crippen molar-refractivity contribution in [1.29, 1.82) is 5.26 Å². The monoisotopic (exact) mass is 540 g/mol. The number of hydrogen-bond donors (Lipinski definition) is 1. The third-order valence-electron chi connectivity index (χ3n) is 5.02. The minimum absolute atomic E-state index is 0.000313. The molecule has 0 aliphatic carbocycles. The molecule has 0 atom stereocenters. The number of carbonyl (C=O) groups excluding carboxylic acids is 1. The van der Waals surface area contributed by atoms with Crippen molar-refractivity contribution < 1.29 is 22.7 Å². The second-order valence-corrected chi connectivity index (χ2v) is 11.3. The highest BCUT2D eigenvalue weighted by molar-refractivity contribution is 7.91. The second kappa shape index (κ2) is 12.5. The number of nitriles is 1. The Hall–Kier alpha value is -3.75. The average molecular weight is 541 g/mol. The fraction of sp³-hybridized carbons (Fsp3) is 0.308. The number of ether oxygens (including phenoxy) is 2. The van der Waals surface area contributed by atoms with Crippen molar-refractivity contribution in [2.45, 2.75) is 32.9 Å². The van der Waals surface area contributed by atoms with Crippen LogP contribution in [0.3, 0.4) is 0 Å². The molecule has 11 heteroatoms. The summed E-state index contributed by atoms with van der Waals surface area (Å²) in [6.07, 6.45) is 1.42. The largest absolute Gasteiger partial charge is 0.490 e. The molecular weight excluding hydrogens is 512 g/mol. The highest BCUT2D eigenvalue weighted by Crippen LogP contribution is 2.23. The molecule has 0 saturated carbocycles. The minimum atomic E-state index is -3.64. The van der Waals surface area contributed by atoms with E-state index in [9.17, 15) is 18.5 Å². The first-order valence-electron chi connectivity index (χ1n) is 11.5. The van der Waals surface area contributed by atoms with E-state index < -0.39 is 15.7 Å². The maximum atomic E-state index is 12.5. The molecule has 0 unspecified atom stereocenters. The fourth-order valence-electron chi connectivity index (χ4n) is 3.37. The summed E-state index contributed by atoms with van der Waals surface area (Å²) < 4.78 is 39.9. The van der Waals surface area contributed by atoms with Crippen LogP contribution in [0.2, 0.25) is 0 Å². The van der Waals surface area contributed by atoms with E-state index >= 15 is 0 Å². The van der Waals surface area contributed by atoms with Gasteiger partial charge in [0.05, 0.1) is 5.75 Å². The van der Waals surface area contributed by atoms with Crippen molar-refractivity contribution in [1.82, 2.24) is 9.36 Å². The minimum Gasteiger partial charge on any atom is -0.490 e. The molecule has 0 bridgehead atoms. The zero-order chi connectivity index (χ0) is 27.0. The molecule has 194 valence electrons. The van der Waals surface area contributed by atoms with E-state index in [2.05, 4.69) is 14.7 Å². The Morgan fingerprint density at radius 2 is 1.76 bits per heavy atom. The normalized spacial score (nSPS) is 11.7. The number of aromatic nitrogens is 2. The number of rotatable bonds is 11. The Morgan fingerprint density at radius 1 is 1.11 bits per heavy atom. The molecular formula is C26H28N4O5S2. The van der Waals surface area contributed by atoms with Gasteiger partial charge < -0.3 is 9.47 Å². The van der Waals surface area contributed by atoms with Gasteiger partial charge in [0.2, 0.25) is 15.0 Å². The lowest BCUT2D eigenvalue weighted by atomic mass is 10.1. The topological polar surface area (TPSA) is 131 Å². The average Bonchev–Trinajstić information content (AvgIpc) is 3.31. The number of nitrogens with one attached hydrogen (secondary N) is 1. The summed E-state index contributed by atoms with van der Waals surface area (Å²) in [6, 6.07) is 14.7. The second-order valence-electron chi connectivity index (χ2n) is 8.67. The number of hydrogen-bond acceptors (Lipinski definition) is 9. The Morgan fingerprint density at radius 3 is 2.38 bits per heavy atom. The standard InChI is InChI=1S/C26H28N4O5S2/c1-17(2)16-37(32,33)26-29-25(36-30-26)28-24(31)21(15-27)14-20-8-10-22(11-9-20)34-12-13-35-23-18(3)6-5-7-19(23)4/h5-11,14,17H,12-13,16H2,1-4H3,(H,28,29,30,31). The van der Waals surface area contributed by atoms with Gasteiger partial charge in [0, 0.05) is 11.5 Å². The Bertz CT molecular complexity index is 1400. The van der Waals surface area contributed by atoms with Gasteiger partial charge in [0.15, 0.2) is 0 Å². The molecule has 2 aromatic carbocycles. The molecule has 0 radical (unpaired) electrons. The lowest BCUT2D eigenvalue weighted by molar-refractivity contribution is -0.112. The number of amides is 1. The van der Waals surface area contributed by atoms with Gasteiger partial charge in [-0.2, -0.15) is 14.6 Å². The molecule has 3 rings (SSSR count). The van der Waals surface area contributed by atoms with Crippen LogP contribution in [0, 0.1) is 31.1 Å². The van der Waals surface area contributed by atoms with E-state index in [-0.39, 0.29) is 27.5 Å². The van der Waals surface area contributed by atoms with Gasteiger partial charge in [-0.1, -0.05) is 44.2 Å². The number of anilines is 1. The quantitative estimate of drug-likeness (QED) is 0.212. The molecule has 0 saturated heterocycles. The number of benzene rings is 2. The van der Waals surface area contributed by atoms with Gasteiger partial charge in [-0.3, -0.25) is 10.1 Å². The van der Waals surface area contributed by atoms with E-state index in [1.54, 1.807) is 38.1 Å². The van der Waals surface area contributed by atoms with Crippen molar-refractivity contribution in [2.75, 3.05) is 24.3 Å². The number of sulfone groups is 1. The van der Waals surface area contributed by atoms with E-state index in [1.807, 2.05) is 38.1 Å². The van der Waals surface area contributed by atoms with Crippen molar-refractivity contribution in [3.05, 3.63) is 64.7 Å². The van der Waals surface area contributed by atoms with Crippen LogP contribution in [0.15, 0.2) is 53.2 Å². The number of carbonyl (C=O) groups is 1. The zero-order valence-electron chi connectivity index (χ0n) is 21.0. The van der Waals surface area contributed by atoms with E-state index in [0.29, 0.717) is 24.5 Å². The molecule has 3 aromatic rings. The number of nitrogens with zero attached hydrogens (tertiary/aromatic N) is 3. The van der Waals surface area contributed by atoms with E-state index in [4.69, 9.17) is 9.47 Å². The third-order valence-corrected chi connectivity index (χ3v) is 7.61. The van der Waals surface area contributed by atoms with Crippen LogP contribution in [0.4, 0.5) is 5.13 Å². The van der Waals surface area contributed by atoms with Crippen LogP contribution >= 0.6 is 11.5 Å². The summed E-state index contributed by atoms with van der Waals surface area (Å²) in [7, 11) is -3.64. The van der Waals surface area contributed by atoms with E-state index in [0.717, 1.165) is 28.4 Å². The Kier molecular flexibility index (Phi) is 9.38. The lowest BCUT2D eigenvalue weighted by Gasteiger charge is -2.12. The molecule has 9 nitrogen and oxygen atoms in total. The van der Waals surface area contributed by atoms with Gasteiger partial charge in [-0.05, 0) is 54.7 Å². The highest BCUT2D eigenvalue weighted by Gasteiger charge is 2.23. The first kappa shape index (κ1) is 27.8. The van der Waals surface area contributed by atoms with Crippen LogP contribution in [0.5, 0.6) is 11.5 Å². The SMILES string of the molecule is Cc1cccc(C)c1OCCOc1ccc(C=C(C#N)C(=O)Nc2nc(S(=O)(=O)CC(C)C)ns2)cc1. The van der Waals surface area contributed by atoms with Crippen molar-refractivity contribution in [2.24, 2.45) is 5.92 Å². The third kappa shape index (κ3) is 7.87. The van der Waals surface area contributed by atoms with Crippen molar-refractivity contribution in [3.8, 4) is 17.6 Å². The maximum Gasteiger partial charge on any atom is 0.268 e. The molecule has 1 aromatic heterocycles. The molecule has 0 aliphatic rings. The first-order valence-corrected chi connectivity index (χ1v) is 13.9. The number of aryl methyl sites for hydroxylation is 2. The summed E-state index contributed by atoms with van der Waals surface area (Å²) in [5, 5.41) is 11.6. The van der Waals surface area contributed by atoms with Crippen LogP contribution in [-0.2, 0) is 14.6 Å². The predicted octanol–water partition coefficient (Wildman–Crippen LogP) is 4.59. The van der Waals surface area contributed by atoms with Crippen LogP contribution < -0.4 is 14.8 Å². The molecule has 0 spiro atoms. The molecule has 1 N–H and O–H groups in total. The molecule has 0 fully saturated rings. The number of para-hydroxylation sites is 1. The van der Waals surface area contributed by atoms with Crippen molar-refractivity contribution in [3.63, 3.8) is 0 Å². The zero-order valence-corrected chi connectivity index (χ0v) is 22.6. The molecule has 1 heterocycles. The van der Waals surface area contributed by atoms with Gasteiger partial charge in [-0.15, -0.1) is 0 Å². The molecule has 37 heavy (non-hydrogen) atoms. The summed E-state index contributed by atoms with van der Waals surface area (Å²) in [6.45, 7) is 8.28. The summed E-state index contributed by atoms with van der Waals surface area (Å²) in [5.74, 6) is 0.577.